The lowest BCUT2D eigenvalue weighted by molar-refractivity contribution is 0.165. The molecule has 1 atom stereocenters. The highest BCUT2D eigenvalue weighted by Gasteiger charge is 2.23. The molecule has 2 aromatic rings. The molecular weight excluding hydrogens is 298 g/mol. The Labute approximate surface area is 145 Å². The number of imidazole rings is 1. The highest BCUT2D eigenvalue weighted by molar-refractivity contribution is 5.24. The number of piperidine rings is 1. The number of aryl methyl sites for hydroxylation is 3. The van der Waals surface area contributed by atoms with E-state index in [4.69, 9.17) is 5.10 Å². The van der Waals surface area contributed by atoms with E-state index >= 15 is 0 Å². The molecule has 132 valence electrons. The monoisotopic (exact) mass is 329 g/mol. The van der Waals surface area contributed by atoms with Gasteiger partial charge in [0.2, 0.25) is 0 Å². The lowest BCUT2D eigenvalue weighted by Crippen LogP contribution is -2.36. The first-order valence-electron chi connectivity index (χ1n) is 9.30. The molecule has 3 rings (SSSR count). The lowest BCUT2D eigenvalue weighted by atomic mass is 9.94. The van der Waals surface area contributed by atoms with Crippen LogP contribution >= 0.6 is 0 Å². The Hall–Kier alpha value is -1.62. The van der Waals surface area contributed by atoms with Gasteiger partial charge in [0.15, 0.2) is 0 Å². The van der Waals surface area contributed by atoms with Crippen molar-refractivity contribution in [2.45, 2.75) is 59.5 Å². The summed E-state index contributed by atoms with van der Waals surface area (Å²) < 4.78 is 4.34. The van der Waals surface area contributed by atoms with Crippen molar-refractivity contribution < 1.29 is 0 Å². The molecule has 1 aliphatic rings. The highest BCUT2D eigenvalue weighted by Crippen LogP contribution is 2.23. The molecule has 24 heavy (non-hydrogen) atoms. The van der Waals surface area contributed by atoms with E-state index in [0.717, 1.165) is 25.9 Å². The van der Waals surface area contributed by atoms with Crippen molar-refractivity contribution in [1.29, 1.82) is 0 Å². The molecule has 5 nitrogen and oxygen atoms in total. The normalized spacial score (nSPS) is 19.1. The summed E-state index contributed by atoms with van der Waals surface area (Å²) in [6.07, 6.45) is 8.78. The fourth-order valence-electron chi connectivity index (χ4n) is 3.93. The number of hydrogen-bond donors (Lipinski definition) is 0. The molecule has 0 spiro atoms. The smallest absolute Gasteiger partial charge is 0.108 e. The fraction of sp³-hybridized carbons (Fsp3) is 0.684. The molecule has 0 amide bonds. The van der Waals surface area contributed by atoms with Gasteiger partial charge in [0.1, 0.15) is 5.82 Å². The summed E-state index contributed by atoms with van der Waals surface area (Å²) in [6.45, 7) is 11.0. The molecule has 3 heterocycles. The lowest BCUT2D eigenvalue weighted by Gasteiger charge is -2.32. The van der Waals surface area contributed by atoms with Gasteiger partial charge in [0, 0.05) is 56.8 Å². The Morgan fingerprint density at radius 3 is 2.83 bits per heavy atom. The molecule has 2 aromatic heterocycles. The van der Waals surface area contributed by atoms with E-state index in [-0.39, 0.29) is 0 Å². The first-order chi connectivity index (χ1) is 11.6. The summed E-state index contributed by atoms with van der Waals surface area (Å²) in [5, 5.41) is 4.73. The average molecular weight is 329 g/mol. The summed E-state index contributed by atoms with van der Waals surface area (Å²) >= 11 is 0. The van der Waals surface area contributed by atoms with Crippen molar-refractivity contribution in [2.75, 3.05) is 13.1 Å². The van der Waals surface area contributed by atoms with Crippen molar-refractivity contribution in [3.8, 4) is 0 Å². The average Bonchev–Trinajstić information content (AvgIpc) is 3.07. The van der Waals surface area contributed by atoms with Crippen LogP contribution in [0.2, 0.25) is 0 Å². The first kappa shape index (κ1) is 17.2. The van der Waals surface area contributed by atoms with E-state index in [2.05, 4.69) is 47.0 Å². The van der Waals surface area contributed by atoms with Crippen LogP contribution in [0.15, 0.2) is 12.4 Å². The van der Waals surface area contributed by atoms with E-state index in [1.54, 1.807) is 0 Å². The maximum atomic E-state index is 4.73. The molecule has 1 aliphatic heterocycles. The summed E-state index contributed by atoms with van der Waals surface area (Å²) in [4.78, 5) is 7.12. The van der Waals surface area contributed by atoms with Crippen LogP contribution in [0.3, 0.4) is 0 Å². The Balaban J connectivity index is 1.64. The standard InChI is InChI=1S/C19H31N5/c1-5-9-24-16(3)18(15(2)21-24)14-23-10-6-7-17(13-23)12-19-20-8-11-22(19)4/h8,11,17H,5-7,9-10,12-14H2,1-4H3. The van der Waals surface area contributed by atoms with Crippen LogP contribution in [0.25, 0.3) is 0 Å². The van der Waals surface area contributed by atoms with Crippen LogP contribution in [-0.2, 0) is 26.6 Å². The van der Waals surface area contributed by atoms with Crippen LogP contribution in [0.1, 0.15) is 49.0 Å². The van der Waals surface area contributed by atoms with Crippen molar-refractivity contribution in [2.24, 2.45) is 13.0 Å². The molecule has 0 bridgehead atoms. The Bertz CT molecular complexity index is 669. The fourth-order valence-corrected chi connectivity index (χ4v) is 3.93. The summed E-state index contributed by atoms with van der Waals surface area (Å²) in [5.41, 5.74) is 3.98. The van der Waals surface area contributed by atoms with E-state index in [0.29, 0.717) is 5.92 Å². The van der Waals surface area contributed by atoms with Gasteiger partial charge in [-0.25, -0.2) is 4.98 Å². The number of nitrogens with zero attached hydrogens (tertiary/aromatic N) is 5. The van der Waals surface area contributed by atoms with E-state index in [1.165, 1.54) is 48.7 Å². The van der Waals surface area contributed by atoms with Gasteiger partial charge in [0.25, 0.3) is 0 Å². The van der Waals surface area contributed by atoms with Crippen molar-refractivity contribution in [3.05, 3.63) is 35.2 Å². The zero-order valence-corrected chi connectivity index (χ0v) is 15.6. The predicted octanol–water partition coefficient (Wildman–Crippen LogP) is 3.10. The molecule has 5 heteroatoms. The maximum Gasteiger partial charge on any atom is 0.108 e. The zero-order valence-electron chi connectivity index (χ0n) is 15.6. The number of rotatable bonds is 6. The second-order valence-electron chi connectivity index (χ2n) is 7.27. The minimum absolute atomic E-state index is 0.714. The molecule has 1 saturated heterocycles. The SMILES string of the molecule is CCCn1nc(C)c(CN2CCCC(Cc3nccn3C)C2)c1C. The largest absolute Gasteiger partial charge is 0.338 e. The van der Waals surface area contributed by atoms with Gasteiger partial charge in [0.05, 0.1) is 5.69 Å². The number of hydrogen-bond acceptors (Lipinski definition) is 3. The van der Waals surface area contributed by atoms with Crippen LogP contribution in [0.4, 0.5) is 0 Å². The molecule has 0 aliphatic carbocycles. The van der Waals surface area contributed by atoms with E-state index in [9.17, 15) is 0 Å². The molecule has 1 fully saturated rings. The Morgan fingerprint density at radius 2 is 2.12 bits per heavy atom. The van der Waals surface area contributed by atoms with Crippen molar-refractivity contribution in [1.82, 2.24) is 24.2 Å². The van der Waals surface area contributed by atoms with E-state index < -0.39 is 0 Å². The van der Waals surface area contributed by atoms with Gasteiger partial charge in [-0.1, -0.05) is 6.92 Å². The Morgan fingerprint density at radius 1 is 1.29 bits per heavy atom. The number of aromatic nitrogens is 4. The quantitative estimate of drug-likeness (QED) is 0.817. The molecule has 0 radical (unpaired) electrons. The number of likely N-dealkylation sites (tertiary alicyclic amines) is 1. The third-order valence-corrected chi connectivity index (χ3v) is 5.34. The van der Waals surface area contributed by atoms with E-state index in [1.807, 2.05) is 12.4 Å². The van der Waals surface area contributed by atoms with Crippen LogP contribution in [0, 0.1) is 19.8 Å². The summed E-state index contributed by atoms with van der Waals surface area (Å²) in [5.74, 6) is 1.93. The summed E-state index contributed by atoms with van der Waals surface area (Å²) in [6, 6.07) is 0. The predicted molar refractivity (Wildman–Crippen MR) is 96.9 cm³/mol. The van der Waals surface area contributed by atoms with Crippen molar-refractivity contribution in [3.63, 3.8) is 0 Å². The summed E-state index contributed by atoms with van der Waals surface area (Å²) in [7, 11) is 2.10. The van der Waals surface area contributed by atoms with Gasteiger partial charge in [-0.15, -0.1) is 0 Å². The minimum Gasteiger partial charge on any atom is -0.338 e. The minimum atomic E-state index is 0.714. The Kier molecular flexibility index (Phi) is 5.39. The molecule has 1 unspecified atom stereocenters. The first-order valence-corrected chi connectivity index (χ1v) is 9.30. The van der Waals surface area contributed by atoms with Crippen molar-refractivity contribution >= 4 is 0 Å². The maximum absolute atomic E-state index is 4.73. The highest BCUT2D eigenvalue weighted by atomic mass is 15.3. The van der Waals surface area contributed by atoms with Gasteiger partial charge in [-0.3, -0.25) is 9.58 Å². The molecule has 0 saturated carbocycles. The van der Waals surface area contributed by atoms with Gasteiger partial charge >= 0.3 is 0 Å². The topological polar surface area (TPSA) is 38.9 Å². The molecule has 0 N–H and O–H groups in total. The van der Waals surface area contributed by atoms with Crippen LogP contribution < -0.4 is 0 Å². The third-order valence-electron chi connectivity index (χ3n) is 5.34. The van der Waals surface area contributed by atoms with Crippen LogP contribution in [0.5, 0.6) is 0 Å². The molecular formula is C19H31N5. The van der Waals surface area contributed by atoms with Gasteiger partial charge in [-0.2, -0.15) is 5.10 Å². The van der Waals surface area contributed by atoms with Gasteiger partial charge < -0.3 is 4.57 Å². The third kappa shape index (κ3) is 3.72. The molecule has 0 aromatic carbocycles. The second-order valence-corrected chi connectivity index (χ2v) is 7.27. The second kappa shape index (κ2) is 7.51. The zero-order chi connectivity index (χ0) is 17.1. The van der Waals surface area contributed by atoms with Gasteiger partial charge in [-0.05, 0) is 45.6 Å². The van der Waals surface area contributed by atoms with Crippen LogP contribution in [-0.4, -0.2) is 37.3 Å².